The van der Waals surface area contributed by atoms with Gasteiger partial charge < -0.3 is 49.9 Å². The van der Waals surface area contributed by atoms with Crippen molar-refractivity contribution in [3.8, 4) is 97.1 Å². The summed E-state index contributed by atoms with van der Waals surface area (Å²) < 4.78 is 200. The molecule has 43 heteroatoms. The summed E-state index contributed by atoms with van der Waals surface area (Å²) in [4.78, 5) is 56.5. The van der Waals surface area contributed by atoms with E-state index in [0.29, 0.717) is 113 Å². The molecule has 0 radical (unpaired) electrons. The van der Waals surface area contributed by atoms with Crippen LogP contribution in [0.2, 0.25) is 10.0 Å². The van der Waals surface area contributed by atoms with Gasteiger partial charge in [0, 0.05) is 150 Å². The first kappa shape index (κ1) is 101. The maximum absolute atomic E-state index is 14.0. The molecule has 0 saturated carbocycles. The first-order valence-electron chi connectivity index (χ1n) is 45.0. The third kappa shape index (κ3) is 23.0. The highest BCUT2D eigenvalue weighted by molar-refractivity contribution is 9.10. The number of alkyl halides is 11. The molecule has 1 aliphatic rings. The molecule has 23 rings (SSSR count). The fraction of sp³-hybridized carbons (Fsp3) is 0.0748. The quantitative estimate of drug-likeness (QED) is 0.0470. The average molecular weight is 2210 g/mol. The summed E-state index contributed by atoms with van der Waals surface area (Å²) in [7, 11) is 2.68. The maximum atomic E-state index is 14.0. The van der Waals surface area contributed by atoms with E-state index >= 15 is 0 Å². The number of halogens is 17. The Balaban J connectivity index is 0.000000118. The Morgan fingerprint density at radius 2 is 0.740 bits per heavy atom. The maximum Gasteiger partial charge on any atom is 0.435 e. The van der Waals surface area contributed by atoms with Crippen LogP contribution >= 0.6 is 55.1 Å². The van der Waals surface area contributed by atoms with E-state index in [-0.39, 0.29) is 80.3 Å². The molecule has 0 amide bonds. The Bertz CT molecular complexity index is 8490. The summed E-state index contributed by atoms with van der Waals surface area (Å²) in [6, 6.07) is 81.6. The Kier molecular flexibility index (Phi) is 29.2. The van der Waals surface area contributed by atoms with E-state index in [1.165, 1.54) is 134 Å². The Morgan fingerprint density at radius 3 is 1.16 bits per heavy atom. The second-order valence-corrected chi connectivity index (χ2v) is 35.6. The first-order chi connectivity index (χ1) is 72.2. The minimum absolute atomic E-state index is 0.0311. The molecule has 14 heterocycles. The molecule has 0 spiro atoms. The molecule has 0 aliphatic carbocycles. The largest absolute Gasteiger partial charge is 0.454 e. The van der Waals surface area contributed by atoms with Gasteiger partial charge in [0.2, 0.25) is 6.79 Å². The SMILES string of the molecule is Cc1ccc(Nc2ccnc(-c3c(-c4ccccc4)nc4ccc(F)cn34)n2)cc1.Cn1c(C(F)(F)F)c(-c2nccc(Nc3ccc(Br)cc3)n2)c2cc(Cl)ccc21.Cn1c(C(F)(F)F)c(-c2nccc(Nc3ccc(OC(F)F)cc3)n2)c2cc(Cl)ccc21.FC(F)(F)c1nc2ccccn2c1-c1nccc(Nc2ccc3c(c2)OCO3)n1.Fc1ccc2nc(-c3ccccc3)c(-c3nccc(Nc4ccc(Br)cc4)n3)n2c1. The number of benzene rings is 9. The van der Waals surface area contributed by atoms with Gasteiger partial charge in [0.25, 0.3) is 0 Å². The second kappa shape index (κ2) is 43.3. The number of anilines is 10. The number of hydrogen-bond donors (Lipinski definition) is 5. The van der Waals surface area contributed by atoms with Gasteiger partial charge in [-0.2, -0.15) is 48.3 Å². The summed E-state index contributed by atoms with van der Waals surface area (Å²) in [5, 5.41) is 16.8. The van der Waals surface area contributed by atoms with Crippen molar-refractivity contribution in [1.29, 1.82) is 0 Å². The fourth-order valence-corrected chi connectivity index (χ4v) is 17.2. The van der Waals surface area contributed by atoms with Gasteiger partial charge in [-0.1, -0.05) is 139 Å². The third-order valence-electron chi connectivity index (χ3n) is 22.8. The molecule has 5 N–H and O–H groups in total. The van der Waals surface area contributed by atoms with E-state index in [9.17, 15) is 57.1 Å². The van der Waals surface area contributed by atoms with Crippen molar-refractivity contribution in [1.82, 2.24) is 87.1 Å². The predicted molar refractivity (Wildman–Crippen MR) is 554 cm³/mol. The van der Waals surface area contributed by atoms with Crippen LogP contribution in [0.1, 0.15) is 22.6 Å². The molecule has 0 atom stereocenters. The molecule has 9 aromatic carbocycles. The number of aryl methyl sites for hydroxylation is 3. The Morgan fingerprint density at radius 1 is 0.367 bits per heavy atom. The van der Waals surface area contributed by atoms with Crippen molar-refractivity contribution in [2.75, 3.05) is 33.4 Å². The molecule has 150 heavy (non-hydrogen) atoms. The van der Waals surface area contributed by atoms with Crippen molar-refractivity contribution in [2.45, 2.75) is 32.1 Å². The summed E-state index contributed by atoms with van der Waals surface area (Å²) >= 11 is 18.9. The zero-order chi connectivity index (χ0) is 105. The third-order valence-corrected chi connectivity index (χ3v) is 24.4. The first-order valence-corrected chi connectivity index (χ1v) is 47.3. The zero-order valence-corrected chi connectivity index (χ0v) is 82.4. The number of rotatable bonds is 19. The van der Waals surface area contributed by atoms with Crippen LogP contribution < -0.4 is 40.8 Å². The van der Waals surface area contributed by atoms with Crippen molar-refractivity contribution < 1.29 is 71.3 Å². The van der Waals surface area contributed by atoms with E-state index in [1.807, 2.05) is 140 Å². The molecule has 0 unspecified atom stereocenters. The number of hydrogen-bond acceptors (Lipinski definition) is 21. The predicted octanol–water partition coefficient (Wildman–Crippen LogP) is 29.5. The molecule has 13 aromatic heterocycles. The molecule has 0 fully saturated rings. The number of pyridine rings is 3. The number of nitrogens with zero attached hydrogens (tertiary/aromatic N) is 18. The summed E-state index contributed by atoms with van der Waals surface area (Å²) in [5.74, 6) is 3.30. The van der Waals surface area contributed by atoms with E-state index in [4.69, 9.17) is 47.6 Å². The lowest BCUT2D eigenvalue weighted by molar-refractivity contribution is -0.143. The van der Waals surface area contributed by atoms with Gasteiger partial charge in [-0.25, -0.2) is 73.6 Å². The topological polar surface area (TPSA) is 278 Å². The number of ether oxygens (including phenoxy) is 3. The van der Waals surface area contributed by atoms with Crippen molar-refractivity contribution in [2.24, 2.45) is 14.1 Å². The van der Waals surface area contributed by atoms with Crippen molar-refractivity contribution >= 4 is 151 Å². The molecule has 752 valence electrons. The smallest absolute Gasteiger partial charge is 0.435 e. The molecular formula is C107H72Br2Cl2F13N23O3. The molecule has 26 nitrogen and oxygen atoms in total. The van der Waals surface area contributed by atoms with Gasteiger partial charge in [0.05, 0.1) is 11.1 Å². The van der Waals surface area contributed by atoms with Crippen LogP contribution in [0.25, 0.3) is 119 Å². The minimum atomic E-state index is -4.66. The Hall–Kier alpha value is -17.4. The van der Waals surface area contributed by atoms with E-state index in [2.05, 4.69) is 113 Å². The van der Waals surface area contributed by atoms with E-state index in [1.54, 1.807) is 100 Å². The van der Waals surface area contributed by atoms with Gasteiger partial charge in [0.1, 0.15) is 103 Å². The van der Waals surface area contributed by atoms with E-state index < -0.39 is 42.2 Å². The Labute approximate surface area is 868 Å². The van der Waals surface area contributed by atoms with E-state index in [0.717, 1.165) is 46.3 Å². The van der Waals surface area contributed by atoms with Crippen LogP contribution in [-0.2, 0) is 32.6 Å². The van der Waals surface area contributed by atoms with Crippen LogP contribution in [0.15, 0.2) is 344 Å². The number of fused-ring (bicyclic) bond motifs is 6. The van der Waals surface area contributed by atoms with Crippen LogP contribution in [0, 0.1) is 18.6 Å². The van der Waals surface area contributed by atoms with Crippen LogP contribution in [0.4, 0.5) is 115 Å². The highest BCUT2D eigenvalue weighted by atomic mass is 79.9. The fourth-order valence-electron chi connectivity index (χ4n) is 16.3. The zero-order valence-electron chi connectivity index (χ0n) is 77.7. The normalized spacial score (nSPS) is 11.7. The summed E-state index contributed by atoms with van der Waals surface area (Å²) in [5.41, 5.74) is 8.23. The lowest BCUT2D eigenvalue weighted by Crippen LogP contribution is -2.13. The summed E-state index contributed by atoms with van der Waals surface area (Å²) in [6.07, 6.45) is -2.09. The number of imidazole rings is 3. The lowest BCUT2D eigenvalue weighted by atomic mass is 10.1. The van der Waals surface area contributed by atoms with Crippen LogP contribution in [0.5, 0.6) is 17.2 Å². The molecule has 0 bridgehead atoms. The van der Waals surface area contributed by atoms with Crippen molar-refractivity contribution in [3.05, 3.63) is 388 Å². The second-order valence-electron chi connectivity index (χ2n) is 32.9. The van der Waals surface area contributed by atoms with Crippen LogP contribution in [0.3, 0.4) is 0 Å². The monoisotopic (exact) mass is 2200 g/mol. The molecule has 0 saturated heterocycles. The number of aromatic nitrogens is 18. The van der Waals surface area contributed by atoms with Gasteiger partial charge in [0.15, 0.2) is 46.3 Å². The molecule has 1 aliphatic heterocycles. The minimum Gasteiger partial charge on any atom is -0.454 e. The van der Waals surface area contributed by atoms with Gasteiger partial charge in [-0.3, -0.25) is 13.2 Å². The van der Waals surface area contributed by atoms with Gasteiger partial charge in [-0.05, 0) is 207 Å². The van der Waals surface area contributed by atoms with Crippen molar-refractivity contribution in [3.63, 3.8) is 0 Å². The van der Waals surface area contributed by atoms with Crippen LogP contribution in [-0.4, -0.2) is 101 Å². The average Bonchev–Trinajstić information content (AvgIpc) is 1.59. The number of nitrogens with one attached hydrogen (secondary N) is 5. The van der Waals surface area contributed by atoms with Gasteiger partial charge in [-0.15, -0.1) is 0 Å². The molecular weight excluding hydrogens is 2130 g/mol. The van der Waals surface area contributed by atoms with Gasteiger partial charge >= 0.3 is 25.1 Å². The highest BCUT2D eigenvalue weighted by Gasteiger charge is 2.43. The lowest BCUT2D eigenvalue weighted by Gasteiger charge is -2.12. The molecule has 22 aromatic rings. The highest BCUT2D eigenvalue weighted by Crippen LogP contribution is 2.47. The standard InChI is InChI=1S/C24H18FN5.C23H15BrFN5.C21H14ClF5N4O.C20H13BrClF3N4.C19H12F3N5O2/c1-16-7-10-19(11-8-16)27-20-13-14-26-24(28-20)23-22(17-5-3-2-4-6-17)29-21-12-9-18(25)15-30(21)23;24-16-6-9-18(10-7-16)27-19-12-13-26-23(28-19)22-21(15-4-2-1-3-5-15)29-20-11-8-17(25)14-30(20)22;1-31-15-7-2-11(22)10-14(15)17(18(31)21(25,26)27)19-28-9-8-16(30-19)29-12-3-5-13(6-4-12)32-20(23)24;1-29-15-7-4-12(22)10-14(15)17(18(29)20(23,24)25)19-26-9-8-16(28-19)27-13-5-2-11(21)3-6-13;20-19(21,22)17-16(27-8-2-1-3-15(27)26-17)18-23-7-6-14(25-18)24-11-4-5-12-13(9-11)29-10-28-12/h2-15H,1H3,(H,26,27,28);1-14H,(H,26,27,28);2-10,20H,1H3,(H,28,29,30);2-10H,1H3,(H,26,27,28);1-9H,10H2,(H,23,24,25). The summed E-state index contributed by atoms with van der Waals surface area (Å²) in [6.45, 7) is -0.762.